The highest BCUT2D eigenvalue weighted by Crippen LogP contribution is 2.13. The first-order valence-electron chi connectivity index (χ1n) is 4.15. The second kappa shape index (κ2) is 3.83. The van der Waals surface area contributed by atoms with E-state index < -0.39 is 0 Å². The standard InChI is InChI=1S/C12H6S2/c13-11(9-5-1-2-6-9)12(14)10-7-3-4-8-10/h1-5,7H. The molecule has 0 saturated carbocycles. The molecule has 0 aromatic rings. The van der Waals surface area contributed by atoms with Crippen LogP contribution in [0.25, 0.3) is 0 Å². The van der Waals surface area contributed by atoms with Crippen molar-refractivity contribution in [1.29, 1.82) is 0 Å². The smallest absolute Gasteiger partial charge is 0.0720 e. The third-order valence-corrected chi connectivity index (χ3v) is 2.87. The summed E-state index contributed by atoms with van der Waals surface area (Å²) in [6.45, 7) is 0. The van der Waals surface area contributed by atoms with E-state index in [0.29, 0.717) is 9.73 Å². The maximum absolute atomic E-state index is 5.25. The van der Waals surface area contributed by atoms with Gasteiger partial charge in [0, 0.05) is 11.1 Å². The van der Waals surface area contributed by atoms with Crippen LogP contribution in [0.2, 0.25) is 0 Å². The molecule has 14 heavy (non-hydrogen) atoms. The van der Waals surface area contributed by atoms with E-state index in [1.165, 1.54) is 0 Å². The van der Waals surface area contributed by atoms with E-state index in [9.17, 15) is 0 Å². The molecular formula is C12H6S2. The van der Waals surface area contributed by atoms with Gasteiger partial charge in [-0.05, 0) is 24.3 Å². The molecule has 0 nitrogen and oxygen atoms in total. The van der Waals surface area contributed by atoms with Crippen molar-refractivity contribution in [3.63, 3.8) is 0 Å². The summed E-state index contributed by atoms with van der Waals surface area (Å²) in [6.07, 6.45) is 11.3. The fraction of sp³-hybridized carbons (Fsp3) is 0. The lowest BCUT2D eigenvalue weighted by atomic mass is 10.1. The number of rotatable bonds is 3. The van der Waals surface area contributed by atoms with Crippen LogP contribution in [0.4, 0.5) is 0 Å². The molecule has 0 aromatic heterocycles. The van der Waals surface area contributed by atoms with Crippen molar-refractivity contribution in [1.82, 2.24) is 0 Å². The van der Waals surface area contributed by atoms with Crippen LogP contribution in [0.15, 0.2) is 59.1 Å². The van der Waals surface area contributed by atoms with Crippen molar-refractivity contribution >= 4 is 34.2 Å². The normalized spacial score (nSPS) is 16.0. The van der Waals surface area contributed by atoms with Gasteiger partial charge in [-0.3, -0.25) is 0 Å². The van der Waals surface area contributed by atoms with E-state index in [1.54, 1.807) is 0 Å². The molecule has 0 bridgehead atoms. The van der Waals surface area contributed by atoms with Crippen LogP contribution >= 0.6 is 24.4 Å². The summed E-state index contributed by atoms with van der Waals surface area (Å²) in [5.41, 5.74) is 7.85. The molecule has 2 heteroatoms. The molecule has 0 saturated heterocycles. The number of hydrogen-bond acceptors (Lipinski definition) is 2. The van der Waals surface area contributed by atoms with Crippen LogP contribution in [0.3, 0.4) is 0 Å². The van der Waals surface area contributed by atoms with Gasteiger partial charge in [-0.25, -0.2) is 0 Å². The highest BCUT2D eigenvalue weighted by Gasteiger charge is 2.12. The zero-order valence-corrected chi connectivity index (χ0v) is 8.91. The maximum Gasteiger partial charge on any atom is 0.0720 e. The van der Waals surface area contributed by atoms with Crippen LogP contribution < -0.4 is 0 Å². The Labute approximate surface area is 93.3 Å². The van der Waals surface area contributed by atoms with Gasteiger partial charge in [-0.2, -0.15) is 0 Å². The Kier molecular flexibility index (Phi) is 2.53. The van der Waals surface area contributed by atoms with Crippen LogP contribution in [-0.2, 0) is 0 Å². The van der Waals surface area contributed by atoms with Gasteiger partial charge in [0.2, 0.25) is 0 Å². The zero-order valence-electron chi connectivity index (χ0n) is 7.28. The molecule has 0 heterocycles. The predicted molar refractivity (Wildman–Crippen MR) is 66.7 cm³/mol. The van der Waals surface area contributed by atoms with Gasteiger partial charge in [-0.15, -0.1) is 11.5 Å². The summed E-state index contributed by atoms with van der Waals surface area (Å²) in [7, 11) is 0. The Morgan fingerprint density at radius 3 is 1.57 bits per heavy atom. The quantitative estimate of drug-likeness (QED) is 0.523. The average Bonchev–Trinajstić information content (AvgIpc) is 2.87. The molecule has 0 amide bonds. The summed E-state index contributed by atoms with van der Waals surface area (Å²) in [6, 6.07) is 0. The predicted octanol–water partition coefficient (Wildman–Crippen LogP) is 3.03. The molecule has 2 aliphatic rings. The van der Waals surface area contributed by atoms with Crippen LogP contribution in [-0.4, -0.2) is 9.73 Å². The van der Waals surface area contributed by atoms with Crippen LogP contribution in [0.5, 0.6) is 0 Å². The van der Waals surface area contributed by atoms with Crippen molar-refractivity contribution < 1.29 is 0 Å². The zero-order chi connectivity index (χ0) is 9.97. The molecular weight excluding hydrogens is 208 g/mol. The first-order valence-corrected chi connectivity index (χ1v) is 4.96. The lowest BCUT2D eigenvalue weighted by Crippen LogP contribution is -2.11. The van der Waals surface area contributed by atoms with Gasteiger partial charge in [0.15, 0.2) is 0 Å². The minimum Gasteiger partial charge on any atom is -0.111 e. The Hall–Kier alpha value is -1.30. The first kappa shape index (κ1) is 9.26. The summed E-state index contributed by atoms with van der Waals surface area (Å²) >= 11 is 10.5. The van der Waals surface area contributed by atoms with E-state index >= 15 is 0 Å². The highest BCUT2D eigenvalue weighted by molar-refractivity contribution is 7.90. The third kappa shape index (κ3) is 1.65. The van der Waals surface area contributed by atoms with Crippen LogP contribution in [0.1, 0.15) is 0 Å². The Morgan fingerprint density at radius 2 is 1.29 bits per heavy atom. The summed E-state index contributed by atoms with van der Waals surface area (Å²) in [5, 5.41) is 0. The maximum atomic E-state index is 5.25. The molecule has 0 N–H and O–H groups in total. The topological polar surface area (TPSA) is 0 Å². The fourth-order valence-electron chi connectivity index (χ4n) is 1.19. The Morgan fingerprint density at radius 1 is 0.857 bits per heavy atom. The van der Waals surface area contributed by atoms with Crippen molar-refractivity contribution in [3.8, 4) is 0 Å². The molecule has 0 aromatic carbocycles. The van der Waals surface area contributed by atoms with Crippen LogP contribution in [0, 0.1) is 0 Å². The van der Waals surface area contributed by atoms with E-state index in [0.717, 1.165) is 11.1 Å². The molecule has 0 radical (unpaired) electrons. The number of allylic oxidation sites excluding steroid dienone is 6. The minimum atomic E-state index is 0.674. The molecule has 0 unspecified atom stereocenters. The van der Waals surface area contributed by atoms with Gasteiger partial charge >= 0.3 is 0 Å². The second-order valence-corrected chi connectivity index (χ2v) is 3.64. The highest BCUT2D eigenvalue weighted by atomic mass is 32.1. The fourth-order valence-corrected chi connectivity index (χ4v) is 1.66. The summed E-state index contributed by atoms with van der Waals surface area (Å²) in [5.74, 6) is 0. The molecule has 0 spiro atoms. The molecule has 66 valence electrons. The van der Waals surface area contributed by atoms with Gasteiger partial charge in [0.1, 0.15) is 0 Å². The number of hydrogen-bond donors (Lipinski definition) is 0. The van der Waals surface area contributed by atoms with Gasteiger partial charge in [-0.1, -0.05) is 36.6 Å². The molecule has 0 fully saturated rings. The summed E-state index contributed by atoms with van der Waals surface area (Å²) < 4.78 is 0. The van der Waals surface area contributed by atoms with E-state index in [1.807, 2.05) is 36.5 Å². The van der Waals surface area contributed by atoms with Gasteiger partial charge in [0.05, 0.1) is 9.73 Å². The van der Waals surface area contributed by atoms with Crippen molar-refractivity contribution in [3.05, 3.63) is 59.1 Å². The lowest BCUT2D eigenvalue weighted by Gasteiger charge is -2.01. The first-order chi connectivity index (χ1) is 6.79. The van der Waals surface area contributed by atoms with Crippen molar-refractivity contribution in [2.75, 3.05) is 0 Å². The van der Waals surface area contributed by atoms with Gasteiger partial charge in [0.25, 0.3) is 0 Å². The van der Waals surface area contributed by atoms with E-state index in [2.05, 4.69) is 11.5 Å². The monoisotopic (exact) mass is 214 g/mol. The largest absolute Gasteiger partial charge is 0.111 e. The lowest BCUT2D eigenvalue weighted by molar-refractivity contribution is 1.92. The van der Waals surface area contributed by atoms with Gasteiger partial charge < -0.3 is 0 Å². The molecule has 0 atom stereocenters. The molecule has 2 rings (SSSR count). The Balaban J connectivity index is 2.25. The summed E-state index contributed by atoms with van der Waals surface area (Å²) in [4.78, 5) is 1.35. The number of thiocarbonyl (C=S) groups is 2. The minimum absolute atomic E-state index is 0.674. The third-order valence-electron chi connectivity index (χ3n) is 1.89. The molecule has 2 aliphatic carbocycles. The van der Waals surface area contributed by atoms with E-state index in [4.69, 9.17) is 24.4 Å². The van der Waals surface area contributed by atoms with E-state index in [-0.39, 0.29) is 0 Å². The Bertz CT molecular complexity index is 452. The molecule has 0 aliphatic heterocycles. The second-order valence-electron chi connectivity index (χ2n) is 2.83. The average molecular weight is 214 g/mol. The SMILES string of the molecule is S=C(C(=S)C1=C=CC=C1)C1=C=CC=C1. The van der Waals surface area contributed by atoms with Crippen molar-refractivity contribution in [2.24, 2.45) is 0 Å². The van der Waals surface area contributed by atoms with Crippen molar-refractivity contribution in [2.45, 2.75) is 0 Å².